The van der Waals surface area contributed by atoms with Crippen LogP contribution in [0.5, 0.6) is 5.75 Å². The molecule has 1 amide bonds. The van der Waals surface area contributed by atoms with Crippen LogP contribution in [0.3, 0.4) is 0 Å². The van der Waals surface area contributed by atoms with Crippen molar-refractivity contribution >= 4 is 21.6 Å². The van der Waals surface area contributed by atoms with Crippen molar-refractivity contribution in [2.75, 3.05) is 17.1 Å². The Hall–Kier alpha value is -2.61. The van der Waals surface area contributed by atoms with Gasteiger partial charge in [0, 0.05) is 24.9 Å². The molecule has 0 aliphatic carbocycles. The molecule has 1 atom stereocenters. The molecule has 6 nitrogen and oxygen atoms in total. The van der Waals surface area contributed by atoms with Crippen LogP contribution in [0.15, 0.2) is 42.5 Å². The lowest BCUT2D eigenvalue weighted by Crippen LogP contribution is -2.41. The number of fused-ring (bicyclic) bond motifs is 1. The Morgan fingerprint density at radius 2 is 1.90 bits per heavy atom. The van der Waals surface area contributed by atoms with E-state index in [2.05, 4.69) is 5.32 Å². The van der Waals surface area contributed by atoms with Crippen LogP contribution in [0.1, 0.15) is 50.3 Å². The summed E-state index contributed by atoms with van der Waals surface area (Å²) in [4.78, 5) is 12.6. The molecule has 2 aromatic carbocycles. The quantitative estimate of drug-likeness (QED) is 0.692. The number of rotatable bonds is 7. The van der Waals surface area contributed by atoms with Crippen LogP contribution in [-0.4, -0.2) is 32.7 Å². The van der Waals surface area contributed by atoms with E-state index in [-0.39, 0.29) is 24.9 Å². The van der Waals surface area contributed by atoms with Crippen LogP contribution in [-0.2, 0) is 14.8 Å². The summed E-state index contributed by atoms with van der Waals surface area (Å²) in [5.41, 5.74) is 2.00. The van der Waals surface area contributed by atoms with Gasteiger partial charge in [0.25, 0.3) is 0 Å². The Bertz CT molecular complexity index is 1050. The lowest BCUT2D eigenvalue weighted by atomic mass is 9.89. The van der Waals surface area contributed by atoms with E-state index in [4.69, 9.17) is 4.74 Å². The SMILES string of the molecule is Cc1ccc2c(c1)OC(C)(C)C[C@@H]2NC(=O)CCCN(c1ccc(F)cc1)S(C)(=O)=O. The van der Waals surface area contributed by atoms with Crippen molar-refractivity contribution in [1.82, 2.24) is 5.32 Å². The minimum atomic E-state index is -3.55. The second-order valence-corrected chi connectivity index (χ2v) is 10.5. The lowest BCUT2D eigenvalue weighted by molar-refractivity contribution is -0.122. The number of halogens is 1. The number of carbonyl (C=O) groups is 1. The maximum absolute atomic E-state index is 13.2. The van der Waals surface area contributed by atoms with E-state index in [1.54, 1.807) is 0 Å². The maximum Gasteiger partial charge on any atom is 0.232 e. The number of carbonyl (C=O) groups excluding carboxylic acids is 1. The van der Waals surface area contributed by atoms with Gasteiger partial charge in [0.15, 0.2) is 0 Å². The van der Waals surface area contributed by atoms with E-state index in [1.807, 2.05) is 39.0 Å². The molecule has 0 radical (unpaired) electrons. The molecule has 0 saturated heterocycles. The summed E-state index contributed by atoms with van der Waals surface area (Å²) < 4.78 is 44.8. The molecule has 1 aliphatic rings. The Balaban J connectivity index is 1.64. The molecule has 1 N–H and O–H groups in total. The van der Waals surface area contributed by atoms with Gasteiger partial charge in [0.1, 0.15) is 17.2 Å². The van der Waals surface area contributed by atoms with Crippen molar-refractivity contribution in [3.8, 4) is 5.75 Å². The third kappa shape index (κ3) is 5.97. The van der Waals surface area contributed by atoms with Crippen molar-refractivity contribution in [3.63, 3.8) is 0 Å². The largest absolute Gasteiger partial charge is 0.487 e. The van der Waals surface area contributed by atoms with E-state index in [0.717, 1.165) is 23.1 Å². The first-order chi connectivity index (χ1) is 14.4. The molecule has 0 saturated carbocycles. The van der Waals surface area contributed by atoms with Gasteiger partial charge in [-0.25, -0.2) is 12.8 Å². The van der Waals surface area contributed by atoms with Crippen LogP contribution < -0.4 is 14.4 Å². The Kier molecular flexibility index (Phi) is 6.59. The topological polar surface area (TPSA) is 75.7 Å². The number of nitrogens with one attached hydrogen (secondary N) is 1. The summed E-state index contributed by atoms with van der Waals surface area (Å²) >= 11 is 0. The Morgan fingerprint density at radius 1 is 1.23 bits per heavy atom. The Morgan fingerprint density at radius 3 is 2.55 bits per heavy atom. The number of sulfonamides is 1. The number of hydrogen-bond acceptors (Lipinski definition) is 4. The highest BCUT2D eigenvalue weighted by molar-refractivity contribution is 7.92. The van der Waals surface area contributed by atoms with Gasteiger partial charge in [-0.1, -0.05) is 12.1 Å². The summed E-state index contributed by atoms with van der Waals surface area (Å²) in [6.07, 6.45) is 2.25. The van der Waals surface area contributed by atoms with Crippen molar-refractivity contribution in [3.05, 3.63) is 59.4 Å². The number of aryl methyl sites for hydroxylation is 1. The minimum Gasteiger partial charge on any atom is -0.487 e. The molecule has 31 heavy (non-hydrogen) atoms. The van der Waals surface area contributed by atoms with E-state index in [9.17, 15) is 17.6 Å². The van der Waals surface area contributed by atoms with Crippen LogP contribution in [0.25, 0.3) is 0 Å². The highest BCUT2D eigenvalue weighted by Gasteiger charge is 2.34. The van der Waals surface area contributed by atoms with Crippen LogP contribution in [0, 0.1) is 12.7 Å². The first-order valence-electron chi connectivity index (χ1n) is 10.3. The molecule has 8 heteroatoms. The van der Waals surface area contributed by atoms with Crippen LogP contribution in [0.4, 0.5) is 10.1 Å². The van der Waals surface area contributed by atoms with Crippen molar-refractivity contribution in [2.45, 2.75) is 51.7 Å². The minimum absolute atomic E-state index is 0.132. The molecule has 0 fully saturated rings. The molecule has 0 aromatic heterocycles. The number of ether oxygens (including phenoxy) is 1. The maximum atomic E-state index is 13.2. The first-order valence-corrected chi connectivity index (χ1v) is 12.1. The van der Waals surface area contributed by atoms with Gasteiger partial charge in [0.05, 0.1) is 18.0 Å². The molecule has 168 valence electrons. The predicted octanol–water partition coefficient (Wildman–Crippen LogP) is 4.10. The number of nitrogens with zero attached hydrogens (tertiary/aromatic N) is 1. The Labute approximate surface area is 183 Å². The zero-order valence-electron chi connectivity index (χ0n) is 18.3. The average molecular weight is 449 g/mol. The molecule has 1 aliphatic heterocycles. The third-order valence-electron chi connectivity index (χ3n) is 5.24. The molecule has 1 heterocycles. The molecule has 0 spiro atoms. The molecule has 2 aromatic rings. The van der Waals surface area contributed by atoms with Gasteiger partial charge in [0.2, 0.25) is 15.9 Å². The standard InChI is InChI=1S/C23H29FN2O4S/c1-16-7-12-19-20(15-23(2,3)30-21(19)14-16)25-22(27)6-5-13-26(31(4,28)29)18-10-8-17(24)9-11-18/h7-12,14,20H,5-6,13,15H2,1-4H3,(H,25,27)/t20-/m0/s1. The second-order valence-electron chi connectivity index (χ2n) is 8.64. The van der Waals surface area contributed by atoms with Gasteiger partial charge in [-0.15, -0.1) is 0 Å². The van der Waals surface area contributed by atoms with E-state index in [0.29, 0.717) is 18.5 Å². The molecule has 0 bridgehead atoms. The van der Waals surface area contributed by atoms with Crippen molar-refractivity contribution in [1.29, 1.82) is 0 Å². The van der Waals surface area contributed by atoms with Crippen LogP contribution >= 0.6 is 0 Å². The number of benzene rings is 2. The van der Waals surface area contributed by atoms with E-state index in [1.165, 1.54) is 28.6 Å². The van der Waals surface area contributed by atoms with Gasteiger partial charge in [-0.05, 0) is 63.1 Å². The number of amides is 1. The van der Waals surface area contributed by atoms with Gasteiger partial charge in [-0.3, -0.25) is 9.10 Å². The summed E-state index contributed by atoms with van der Waals surface area (Å²) in [6, 6.07) is 11.0. The van der Waals surface area contributed by atoms with E-state index >= 15 is 0 Å². The van der Waals surface area contributed by atoms with E-state index < -0.39 is 21.4 Å². The highest BCUT2D eigenvalue weighted by Crippen LogP contribution is 2.39. The lowest BCUT2D eigenvalue weighted by Gasteiger charge is -2.38. The summed E-state index contributed by atoms with van der Waals surface area (Å²) in [5.74, 6) is 0.189. The van der Waals surface area contributed by atoms with Gasteiger partial charge in [-0.2, -0.15) is 0 Å². The fourth-order valence-electron chi connectivity index (χ4n) is 3.83. The van der Waals surface area contributed by atoms with Crippen molar-refractivity contribution in [2.24, 2.45) is 0 Å². The number of hydrogen-bond donors (Lipinski definition) is 1. The average Bonchev–Trinajstić information content (AvgIpc) is 2.64. The fourth-order valence-corrected chi connectivity index (χ4v) is 4.80. The third-order valence-corrected chi connectivity index (χ3v) is 6.44. The summed E-state index contributed by atoms with van der Waals surface area (Å²) in [7, 11) is -3.55. The normalized spacial score (nSPS) is 17.4. The van der Waals surface area contributed by atoms with Gasteiger partial charge >= 0.3 is 0 Å². The van der Waals surface area contributed by atoms with Crippen LogP contribution in [0.2, 0.25) is 0 Å². The monoisotopic (exact) mass is 448 g/mol. The molecule has 0 unspecified atom stereocenters. The molecular formula is C23H29FN2O4S. The zero-order chi connectivity index (χ0) is 22.8. The van der Waals surface area contributed by atoms with Gasteiger partial charge < -0.3 is 10.1 Å². The predicted molar refractivity (Wildman–Crippen MR) is 119 cm³/mol. The smallest absolute Gasteiger partial charge is 0.232 e. The molecule has 3 rings (SSSR count). The first kappa shape index (κ1) is 23.1. The number of anilines is 1. The van der Waals surface area contributed by atoms with Crippen molar-refractivity contribution < 1.29 is 22.3 Å². The summed E-state index contributed by atoms with van der Waals surface area (Å²) in [6.45, 7) is 6.11. The second kappa shape index (κ2) is 8.86. The fraction of sp³-hybridized carbons (Fsp3) is 0.435. The molecular weight excluding hydrogens is 419 g/mol. The summed E-state index contributed by atoms with van der Waals surface area (Å²) in [5, 5.41) is 3.07. The highest BCUT2D eigenvalue weighted by atomic mass is 32.2. The zero-order valence-corrected chi connectivity index (χ0v) is 19.1.